The van der Waals surface area contributed by atoms with Crippen LogP contribution in [0.3, 0.4) is 0 Å². The predicted octanol–water partition coefficient (Wildman–Crippen LogP) is 2.09. The molecule has 0 spiro atoms. The molecule has 0 radical (unpaired) electrons. The van der Waals surface area contributed by atoms with Gasteiger partial charge in [-0.25, -0.2) is 4.98 Å². The first-order valence-corrected chi connectivity index (χ1v) is 6.84. The van der Waals surface area contributed by atoms with Crippen molar-refractivity contribution in [1.82, 2.24) is 19.7 Å². The van der Waals surface area contributed by atoms with Gasteiger partial charge in [-0.3, -0.25) is 10.1 Å². The van der Waals surface area contributed by atoms with Crippen molar-refractivity contribution in [2.75, 3.05) is 11.9 Å². The number of hydrogen-bond acceptors (Lipinski definition) is 7. The molecule has 0 fully saturated rings. The molecule has 8 nitrogen and oxygen atoms in total. The highest BCUT2D eigenvalue weighted by Crippen LogP contribution is 2.32. The third-order valence-corrected chi connectivity index (χ3v) is 3.50. The number of nitrogens with one attached hydrogen (secondary N) is 1. The lowest BCUT2D eigenvalue weighted by Gasteiger charge is -2.06. The molecule has 2 heterocycles. The standard InChI is InChI=1S/C11H14N6O2S/c1-3-6-12-9-5-4-8(17(18)19)10(14-9)20-11-15-13-7-16(11)2/h4-5,7H,3,6H2,1-2H3,(H,12,14). The van der Waals surface area contributed by atoms with Gasteiger partial charge in [0.15, 0.2) is 10.2 Å². The summed E-state index contributed by atoms with van der Waals surface area (Å²) in [7, 11) is 1.77. The molecule has 0 atom stereocenters. The Labute approximate surface area is 119 Å². The van der Waals surface area contributed by atoms with Gasteiger partial charge in [-0.2, -0.15) is 0 Å². The first kappa shape index (κ1) is 14.3. The van der Waals surface area contributed by atoms with Crippen LogP contribution < -0.4 is 5.32 Å². The Hall–Kier alpha value is -2.16. The molecule has 0 aliphatic heterocycles. The molecule has 0 unspecified atom stereocenters. The van der Waals surface area contributed by atoms with Crippen LogP contribution in [0.2, 0.25) is 0 Å². The average Bonchev–Trinajstić information content (AvgIpc) is 2.82. The van der Waals surface area contributed by atoms with Crippen molar-refractivity contribution in [2.45, 2.75) is 23.5 Å². The molecule has 2 aromatic rings. The maximum Gasteiger partial charge on any atom is 0.301 e. The molecular formula is C11H14N6O2S. The largest absolute Gasteiger partial charge is 0.370 e. The minimum atomic E-state index is -0.449. The predicted molar refractivity (Wildman–Crippen MR) is 74.8 cm³/mol. The van der Waals surface area contributed by atoms with Gasteiger partial charge in [-0.1, -0.05) is 6.92 Å². The molecule has 1 N–H and O–H groups in total. The first-order valence-electron chi connectivity index (χ1n) is 6.03. The molecule has 2 rings (SSSR count). The van der Waals surface area contributed by atoms with Crippen LogP contribution in [-0.2, 0) is 7.05 Å². The van der Waals surface area contributed by atoms with Crippen LogP contribution in [-0.4, -0.2) is 31.2 Å². The van der Waals surface area contributed by atoms with Crippen molar-refractivity contribution in [2.24, 2.45) is 7.05 Å². The van der Waals surface area contributed by atoms with Gasteiger partial charge in [-0.15, -0.1) is 10.2 Å². The van der Waals surface area contributed by atoms with Crippen molar-refractivity contribution in [3.05, 3.63) is 28.6 Å². The fourth-order valence-electron chi connectivity index (χ4n) is 1.45. The van der Waals surface area contributed by atoms with Crippen molar-refractivity contribution in [3.8, 4) is 0 Å². The van der Waals surface area contributed by atoms with E-state index >= 15 is 0 Å². The minimum absolute atomic E-state index is 0.0416. The Balaban J connectivity index is 2.31. The van der Waals surface area contributed by atoms with Crippen LogP contribution in [0.1, 0.15) is 13.3 Å². The lowest BCUT2D eigenvalue weighted by atomic mass is 10.4. The fraction of sp³-hybridized carbons (Fsp3) is 0.364. The lowest BCUT2D eigenvalue weighted by molar-refractivity contribution is -0.388. The van der Waals surface area contributed by atoms with Gasteiger partial charge in [0.2, 0.25) is 0 Å². The fourth-order valence-corrected chi connectivity index (χ4v) is 2.29. The highest BCUT2D eigenvalue weighted by atomic mass is 32.2. The molecule has 0 aromatic carbocycles. The van der Waals surface area contributed by atoms with E-state index in [1.54, 1.807) is 17.7 Å². The second-order valence-electron chi connectivity index (χ2n) is 4.03. The minimum Gasteiger partial charge on any atom is -0.370 e. The molecular weight excluding hydrogens is 280 g/mol. The number of anilines is 1. The van der Waals surface area contributed by atoms with Gasteiger partial charge in [0, 0.05) is 19.7 Å². The van der Waals surface area contributed by atoms with Crippen LogP contribution >= 0.6 is 11.8 Å². The number of aromatic nitrogens is 4. The number of aryl methyl sites for hydroxylation is 1. The van der Waals surface area contributed by atoms with Gasteiger partial charge in [0.25, 0.3) is 0 Å². The summed E-state index contributed by atoms with van der Waals surface area (Å²) in [5, 5.41) is 22.6. The van der Waals surface area contributed by atoms with Gasteiger partial charge < -0.3 is 9.88 Å². The molecule has 0 aliphatic carbocycles. The molecule has 0 bridgehead atoms. The van der Waals surface area contributed by atoms with E-state index in [0.717, 1.165) is 24.7 Å². The van der Waals surface area contributed by atoms with E-state index in [1.807, 2.05) is 6.92 Å². The van der Waals surface area contributed by atoms with E-state index in [2.05, 4.69) is 20.5 Å². The highest BCUT2D eigenvalue weighted by Gasteiger charge is 2.19. The topological polar surface area (TPSA) is 98.8 Å². The van der Waals surface area contributed by atoms with E-state index < -0.39 is 4.92 Å². The Morgan fingerprint density at radius 3 is 2.90 bits per heavy atom. The number of nitrogens with zero attached hydrogens (tertiary/aromatic N) is 5. The second kappa shape index (κ2) is 6.33. The smallest absolute Gasteiger partial charge is 0.301 e. The van der Waals surface area contributed by atoms with E-state index in [4.69, 9.17) is 0 Å². The zero-order chi connectivity index (χ0) is 14.5. The van der Waals surface area contributed by atoms with Gasteiger partial charge in [0.05, 0.1) is 4.92 Å². The molecule has 20 heavy (non-hydrogen) atoms. The van der Waals surface area contributed by atoms with Gasteiger partial charge >= 0.3 is 5.69 Å². The summed E-state index contributed by atoms with van der Waals surface area (Å²) in [6.45, 7) is 2.80. The van der Waals surface area contributed by atoms with Gasteiger partial charge in [-0.05, 0) is 24.2 Å². The highest BCUT2D eigenvalue weighted by molar-refractivity contribution is 7.99. The molecule has 0 saturated heterocycles. The number of hydrogen-bond donors (Lipinski definition) is 1. The quantitative estimate of drug-likeness (QED) is 0.643. The van der Waals surface area contributed by atoms with Crippen molar-refractivity contribution >= 4 is 23.3 Å². The van der Waals surface area contributed by atoms with Crippen molar-refractivity contribution in [1.29, 1.82) is 0 Å². The summed E-state index contributed by atoms with van der Waals surface area (Å²) >= 11 is 1.12. The monoisotopic (exact) mass is 294 g/mol. The third kappa shape index (κ3) is 3.23. The summed E-state index contributed by atoms with van der Waals surface area (Å²) in [6, 6.07) is 3.05. The van der Waals surface area contributed by atoms with E-state index in [9.17, 15) is 10.1 Å². The van der Waals surface area contributed by atoms with Crippen molar-refractivity contribution in [3.63, 3.8) is 0 Å². The number of rotatable bonds is 6. The summed E-state index contributed by atoms with van der Waals surface area (Å²) < 4.78 is 1.68. The van der Waals surface area contributed by atoms with Crippen LogP contribution in [0.15, 0.2) is 28.6 Å². The Kier molecular flexibility index (Phi) is 4.51. The Morgan fingerprint density at radius 1 is 1.50 bits per heavy atom. The summed E-state index contributed by atoms with van der Waals surface area (Å²) in [5.74, 6) is 0.613. The van der Waals surface area contributed by atoms with E-state index in [0.29, 0.717) is 16.0 Å². The van der Waals surface area contributed by atoms with Crippen LogP contribution in [0.25, 0.3) is 0 Å². The maximum atomic E-state index is 11.0. The summed E-state index contributed by atoms with van der Waals surface area (Å²) in [5.41, 5.74) is -0.0416. The Morgan fingerprint density at radius 2 is 2.30 bits per heavy atom. The normalized spacial score (nSPS) is 10.5. The maximum absolute atomic E-state index is 11.0. The first-order chi connectivity index (χ1) is 9.61. The summed E-state index contributed by atoms with van der Waals surface area (Å²) in [4.78, 5) is 14.9. The zero-order valence-electron chi connectivity index (χ0n) is 11.1. The molecule has 106 valence electrons. The SMILES string of the molecule is CCCNc1ccc([N+](=O)[O-])c(Sc2nncn2C)n1. The zero-order valence-corrected chi connectivity index (χ0v) is 11.9. The number of pyridine rings is 1. The van der Waals surface area contributed by atoms with Crippen LogP contribution in [0, 0.1) is 10.1 Å². The van der Waals surface area contributed by atoms with E-state index in [1.165, 1.54) is 12.4 Å². The van der Waals surface area contributed by atoms with Crippen molar-refractivity contribution < 1.29 is 4.92 Å². The van der Waals surface area contributed by atoms with Crippen LogP contribution in [0.4, 0.5) is 11.5 Å². The van der Waals surface area contributed by atoms with Crippen LogP contribution in [0.5, 0.6) is 0 Å². The molecule has 0 aliphatic rings. The Bertz CT molecular complexity index is 615. The molecule has 2 aromatic heterocycles. The average molecular weight is 294 g/mol. The van der Waals surface area contributed by atoms with E-state index in [-0.39, 0.29) is 5.69 Å². The molecule has 9 heteroatoms. The third-order valence-electron chi connectivity index (χ3n) is 2.45. The number of nitro groups is 1. The molecule has 0 amide bonds. The van der Waals surface area contributed by atoms with Gasteiger partial charge in [0.1, 0.15) is 12.1 Å². The summed E-state index contributed by atoms with van der Waals surface area (Å²) in [6.07, 6.45) is 2.48. The second-order valence-corrected chi connectivity index (χ2v) is 4.99. The lowest BCUT2D eigenvalue weighted by Crippen LogP contribution is -2.04. The molecule has 0 saturated carbocycles.